The van der Waals surface area contributed by atoms with Gasteiger partial charge in [-0.1, -0.05) is 122 Å². The normalized spacial score (nSPS) is 10.8. The first kappa shape index (κ1) is 58.9. The molecule has 0 atom stereocenters. The second kappa shape index (κ2) is 23.9. The Balaban J connectivity index is 0.000000235. The molecule has 4 aromatic heterocycles. The third-order valence-electron chi connectivity index (χ3n) is 11.0. The molecule has 0 unspecified atom stereocenters. The maximum absolute atomic E-state index is 13.5. The van der Waals surface area contributed by atoms with Crippen LogP contribution in [0, 0.1) is 20.8 Å². The van der Waals surface area contributed by atoms with Crippen molar-refractivity contribution in [3.05, 3.63) is 191 Å². The van der Waals surface area contributed by atoms with Crippen LogP contribution in [0.15, 0.2) is 72.8 Å². The van der Waals surface area contributed by atoms with Crippen molar-refractivity contribution < 1.29 is 58.7 Å². The van der Waals surface area contributed by atoms with Gasteiger partial charge in [0.25, 0.3) is 0 Å². The number of carbonyl (C=O) groups excluding carboxylic acids is 7. The van der Waals surface area contributed by atoms with E-state index in [1.54, 1.807) is 26.8 Å². The fraction of sp³-hybridized carbons (Fsp3) is 0.0800. The van der Waals surface area contributed by atoms with Crippen LogP contribution >= 0.6 is 116 Å². The van der Waals surface area contributed by atoms with Gasteiger partial charge in [0.2, 0.25) is 23.1 Å². The van der Waals surface area contributed by atoms with E-state index in [4.69, 9.17) is 126 Å². The van der Waals surface area contributed by atoms with E-state index in [-0.39, 0.29) is 136 Å². The first-order valence-corrected chi connectivity index (χ1v) is 24.6. The van der Waals surface area contributed by atoms with Crippen molar-refractivity contribution in [2.45, 2.75) is 20.8 Å². The Bertz CT molecular complexity index is 3660. The lowest BCUT2D eigenvalue weighted by Crippen LogP contribution is -2.13. The minimum Gasteiger partial charge on any atom is -0.507 e. The summed E-state index contributed by atoms with van der Waals surface area (Å²) in [4.78, 5) is 87.3. The number of benzene rings is 4. The molecule has 26 heteroatoms. The number of nitrogens with zero attached hydrogens (tertiary/aromatic N) is 2. The fourth-order valence-corrected chi connectivity index (χ4v) is 9.34. The van der Waals surface area contributed by atoms with Crippen molar-refractivity contribution in [2.24, 2.45) is 0 Å². The highest BCUT2D eigenvalue weighted by Gasteiger charge is 2.33. The van der Waals surface area contributed by atoms with Gasteiger partial charge >= 0.3 is 12.1 Å². The minimum atomic E-state index is -0.757. The summed E-state index contributed by atoms with van der Waals surface area (Å²) in [5.74, 6) is -5.04. The van der Waals surface area contributed by atoms with E-state index >= 15 is 0 Å². The summed E-state index contributed by atoms with van der Waals surface area (Å²) in [5.41, 5.74) is 0.450. The number of esters is 1. The van der Waals surface area contributed by atoms with E-state index in [9.17, 15) is 44.4 Å². The zero-order valence-corrected chi connectivity index (χ0v) is 46.2. The van der Waals surface area contributed by atoms with E-state index in [1.807, 2.05) is 0 Å². The maximum atomic E-state index is 13.5. The average molecular weight is 1230 g/mol. The zero-order valence-electron chi connectivity index (χ0n) is 38.7. The summed E-state index contributed by atoms with van der Waals surface area (Å²) < 4.78 is 6.86. The number of carbonyl (C=O) groups is 5. The number of hydrogen-bond acceptors (Lipinski definition) is 12. The molecule has 0 aliphatic heterocycles. The molecule has 76 heavy (non-hydrogen) atoms. The van der Waals surface area contributed by atoms with Crippen molar-refractivity contribution in [1.29, 1.82) is 0 Å². The van der Waals surface area contributed by atoms with E-state index in [2.05, 4.69) is 14.7 Å². The molecule has 4 aromatic carbocycles. The van der Waals surface area contributed by atoms with Crippen LogP contribution in [0.25, 0.3) is 11.4 Å². The Morgan fingerprint density at radius 2 is 0.855 bits per heavy atom. The number of ether oxygens (including phenoxy) is 1. The van der Waals surface area contributed by atoms with E-state index in [0.29, 0.717) is 11.1 Å². The Labute approximate surface area is 478 Å². The van der Waals surface area contributed by atoms with Gasteiger partial charge < -0.3 is 35.1 Å². The smallest absolute Gasteiger partial charge is 0.373 e. The van der Waals surface area contributed by atoms with Crippen molar-refractivity contribution in [1.82, 2.24) is 19.1 Å². The molecule has 0 aliphatic rings. The number of phenolic OH excluding ortho intramolecular Hbond substituents is 4. The van der Waals surface area contributed by atoms with Crippen LogP contribution in [-0.4, -0.2) is 81.9 Å². The van der Waals surface area contributed by atoms with Crippen LogP contribution in [0.4, 0.5) is 0 Å². The molecular formula is C50H30Cl10N4O12. The molecule has 0 fully saturated rings. The van der Waals surface area contributed by atoms with Gasteiger partial charge in [0, 0.05) is 10.0 Å². The number of phenols is 4. The van der Waals surface area contributed by atoms with Gasteiger partial charge in [-0.3, -0.25) is 28.3 Å². The largest absolute Gasteiger partial charge is 0.507 e. The van der Waals surface area contributed by atoms with Crippen molar-refractivity contribution in [3.63, 3.8) is 0 Å². The summed E-state index contributed by atoms with van der Waals surface area (Å²) in [6, 6.07) is 15.8. The first-order valence-electron chi connectivity index (χ1n) is 20.9. The molecule has 0 radical (unpaired) electrons. The molecule has 8 rings (SSSR count). The first-order chi connectivity index (χ1) is 35.7. The third-order valence-corrected chi connectivity index (χ3v) is 14.8. The van der Waals surface area contributed by atoms with Crippen LogP contribution in [0.1, 0.15) is 91.3 Å². The molecule has 0 spiro atoms. The van der Waals surface area contributed by atoms with Crippen LogP contribution in [-0.2, 0) is 14.3 Å². The number of ketones is 4. The Kier molecular flexibility index (Phi) is 18.5. The maximum Gasteiger partial charge on any atom is 0.373 e. The molecule has 0 saturated heterocycles. The highest BCUT2D eigenvalue weighted by atomic mass is 35.5. The minimum absolute atomic E-state index is 0.0225. The molecule has 392 valence electrons. The van der Waals surface area contributed by atoms with E-state index in [1.165, 1.54) is 67.8 Å². The van der Waals surface area contributed by atoms with Crippen LogP contribution in [0.2, 0.25) is 50.7 Å². The summed E-state index contributed by atoms with van der Waals surface area (Å²) >= 11 is 63.1. The molecule has 6 N–H and O–H groups in total. The summed E-state index contributed by atoms with van der Waals surface area (Å²) in [7, 11) is 1.18. The predicted octanol–water partition coefficient (Wildman–Crippen LogP) is 14.0. The monoisotopic (exact) mass is 1230 g/mol. The molecule has 16 nitrogen and oxygen atoms in total. The lowest BCUT2D eigenvalue weighted by Gasteiger charge is -2.13. The number of aryl methyl sites for hydroxylation is 3. The Morgan fingerprint density at radius 1 is 0.487 bits per heavy atom. The molecule has 0 saturated carbocycles. The van der Waals surface area contributed by atoms with Crippen LogP contribution in [0.3, 0.4) is 0 Å². The second-order valence-corrected chi connectivity index (χ2v) is 19.7. The van der Waals surface area contributed by atoms with Gasteiger partial charge in [-0.2, -0.15) is 9.59 Å². The van der Waals surface area contributed by atoms with Crippen LogP contribution < -0.4 is 0 Å². The number of halogens is 10. The molecule has 0 amide bonds. The number of aromatic nitrogens is 4. The van der Waals surface area contributed by atoms with Gasteiger partial charge in [-0.25, -0.2) is 4.79 Å². The van der Waals surface area contributed by atoms with E-state index in [0.717, 1.165) is 20.8 Å². The average Bonchev–Trinajstić information content (AvgIpc) is 4.04. The number of aromatic amines is 2. The van der Waals surface area contributed by atoms with Gasteiger partial charge in [-0.15, -0.1) is 0 Å². The number of nitrogens with one attached hydrogen (secondary N) is 2. The standard InChI is InChI=1S/C25H16Cl4N2O6.C24H14Cl6N2O4.CO2/c1-10-3-5-13(16(32)7-10)22(35)19-20(18(27)23(28)30-19)31-15(9-14(26)24(31)29)21(34)12-6-4-11(8-17(12)33)25(36)37-2;1-8-3-16(33)10(5-12(8)25)21(35)15-7-14(27)24(30)32(15)20-18(28)23(29)31-19(20)22(36)11-6-13(26)9(2)4-17(11)34;2-1-3/h3-9,30,32-33H,1-2H3;3-7,31,33-34H,1-2H3;. The Morgan fingerprint density at radius 3 is 1.28 bits per heavy atom. The summed E-state index contributed by atoms with van der Waals surface area (Å²) in [6.45, 7) is 5.07. The highest BCUT2D eigenvalue weighted by Crippen LogP contribution is 2.43. The van der Waals surface area contributed by atoms with Gasteiger partial charge in [0.1, 0.15) is 65.0 Å². The molecule has 4 heterocycles. The molecule has 8 aromatic rings. The number of methoxy groups -OCH3 is 1. The lowest BCUT2D eigenvalue weighted by molar-refractivity contribution is -0.191. The molecule has 0 aliphatic carbocycles. The second-order valence-electron chi connectivity index (χ2n) is 15.8. The fourth-order valence-electron chi connectivity index (χ4n) is 7.35. The number of aromatic hydroxyl groups is 4. The molecule has 0 bridgehead atoms. The summed E-state index contributed by atoms with van der Waals surface area (Å²) in [5, 5.41) is 41.2. The van der Waals surface area contributed by atoms with Gasteiger partial charge in [0.05, 0.1) is 67.7 Å². The quantitative estimate of drug-likeness (QED) is 0.0523. The number of hydrogen-bond donors (Lipinski definition) is 6. The van der Waals surface area contributed by atoms with Crippen molar-refractivity contribution in [3.8, 4) is 34.4 Å². The topological polar surface area (TPSA) is 251 Å². The Hall–Kier alpha value is -6.37. The van der Waals surface area contributed by atoms with Crippen molar-refractivity contribution in [2.75, 3.05) is 7.11 Å². The van der Waals surface area contributed by atoms with E-state index < -0.39 is 34.9 Å². The van der Waals surface area contributed by atoms with Crippen molar-refractivity contribution >= 4 is 151 Å². The highest BCUT2D eigenvalue weighted by molar-refractivity contribution is 6.46. The third kappa shape index (κ3) is 11.5. The lowest BCUT2D eigenvalue weighted by atomic mass is 10.0. The van der Waals surface area contributed by atoms with Gasteiger partial charge in [-0.05, 0) is 104 Å². The SMILES string of the molecule is COC(=O)c1ccc(C(=O)c2cc(Cl)c(Cl)n2-c2c(C(=O)c3ccc(C)cc3O)[nH]c(Cl)c2Cl)c(O)c1.Cc1cc(O)c(C(=O)c2[nH]c(Cl)c(Cl)c2-n2c(C(=O)c3cc(Cl)c(C)cc3O)cc(Cl)c2Cl)cc1Cl.O=C=O. The van der Waals surface area contributed by atoms with Crippen LogP contribution in [0.5, 0.6) is 23.0 Å². The predicted molar refractivity (Wildman–Crippen MR) is 287 cm³/mol. The summed E-state index contributed by atoms with van der Waals surface area (Å²) in [6.07, 6.45) is 0.250. The number of rotatable bonds is 11. The molecular weight excluding hydrogens is 1200 g/mol. The number of H-pyrrole nitrogens is 2. The zero-order chi connectivity index (χ0) is 56.5. The van der Waals surface area contributed by atoms with Gasteiger partial charge in [0.15, 0.2) is 0 Å².